The summed E-state index contributed by atoms with van der Waals surface area (Å²) in [6, 6.07) is 3.79. The van der Waals surface area contributed by atoms with Gasteiger partial charge in [-0.1, -0.05) is 0 Å². The third-order valence-corrected chi connectivity index (χ3v) is 3.61. The largest absolute Gasteiger partial charge is 0.467 e. The van der Waals surface area contributed by atoms with Crippen molar-refractivity contribution in [3.05, 3.63) is 24.2 Å². The third-order valence-electron chi connectivity index (χ3n) is 3.61. The van der Waals surface area contributed by atoms with Crippen molar-refractivity contribution in [2.24, 2.45) is 5.92 Å². The summed E-state index contributed by atoms with van der Waals surface area (Å²) in [5, 5.41) is 0. The Kier molecular flexibility index (Phi) is 3.93. The molecule has 1 fully saturated rings. The molecule has 5 heteroatoms. The number of amides is 2. The van der Waals surface area contributed by atoms with Gasteiger partial charge in [0.1, 0.15) is 5.76 Å². The standard InChI is InChI=1S/C14H20N2O3/c1-10(2)15(3)14(18)11-7-13(17)16(8-11)9-12-5-4-6-19-12/h4-6,10-11H,7-9H2,1-3H3. The second-order valence-electron chi connectivity index (χ2n) is 5.30. The van der Waals surface area contributed by atoms with E-state index < -0.39 is 0 Å². The van der Waals surface area contributed by atoms with Gasteiger partial charge in [-0.05, 0) is 26.0 Å². The molecule has 1 aromatic heterocycles. The fraction of sp³-hybridized carbons (Fsp3) is 0.571. The van der Waals surface area contributed by atoms with Gasteiger partial charge in [-0.15, -0.1) is 0 Å². The molecule has 0 saturated carbocycles. The van der Waals surface area contributed by atoms with Crippen LogP contribution in [0.5, 0.6) is 0 Å². The first kappa shape index (κ1) is 13.6. The van der Waals surface area contributed by atoms with Crippen molar-refractivity contribution >= 4 is 11.8 Å². The van der Waals surface area contributed by atoms with E-state index in [1.807, 2.05) is 19.9 Å². The molecule has 0 N–H and O–H groups in total. The van der Waals surface area contributed by atoms with Crippen molar-refractivity contribution in [3.63, 3.8) is 0 Å². The quantitative estimate of drug-likeness (QED) is 0.828. The highest BCUT2D eigenvalue weighted by Gasteiger charge is 2.36. The van der Waals surface area contributed by atoms with E-state index in [0.717, 1.165) is 5.76 Å². The predicted molar refractivity (Wildman–Crippen MR) is 70.1 cm³/mol. The lowest BCUT2D eigenvalue weighted by Crippen LogP contribution is -2.38. The first-order valence-corrected chi connectivity index (χ1v) is 6.56. The lowest BCUT2D eigenvalue weighted by Gasteiger charge is -2.24. The van der Waals surface area contributed by atoms with Gasteiger partial charge in [-0.2, -0.15) is 0 Å². The molecule has 1 aromatic rings. The molecule has 19 heavy (non-hydrogen) atoms. The van der Waals surface area contributed by atoms with E-state index in [-0.39, 0.29) is 23.8 Å². The lowest BCUT2D eigenvalue weighted by molar-refractivity contribution is -0.136. The molecule has 2 heterocycles. The molecule has 0 bridgehead atoms. The Morgan fingerprint density at radius 1 is 1.58 bits per heavy atom. The van der Waals surface area contributed by atoms with Gasteiger partial charge in [0.15, 0.2) is 0 Å². The molecule has 1 atom stereocenters. The van der Waals surface area contributed by atoms with Gasteiger partial charge >= 0.3 is 0 Å². The van der Waals surface area contributed by atoms with Crippen LogP contribution in [0.25, 0.3) is 0 Å². The first-order valence-electron chi connectivity index (χ1n) is 6.56. The van der Waals surface area contributed by atoms with Crippen LogP contribution >= 0.6 is 0 Å². The minimum Gasteiger partial charge on any atom is -0.467 e. The molecule has 1 aliphatic rings. The fourth-order valence-electron chi connectivity index (χ4n) is 2.22. The summed E-state index contributed by atoms with van der Waals surface area (Å²) in [7, 11) is 1.78. The molecule has 0 spiro atoms. The molecule has 1 unspecified atom stereocenters. The van der Waals surface area contributed by atoms with Gasteiger partial charge in [0.25, 0.3) is 0 Å². The second kappa shape index (κ2) is 5.47. The molecule has 1 saturated heterocycles. The van der Waals surface area contributed by atoms with Crippen LogP contribution < -0.4 is 0 Å². The van der Waals surface area contributed by atoms with E-state index in [4.69, 9.17) is 4.42 Å². The Hall–Kier alpha value is -1.78. The van der Waals surface area contributed by atoms with E-state index in [9.17, 15) is 9.59 Å². The maximum atomic E-state index is 12.2. The summed E-state index contributed by atoms with van der Waals surface area (Å²) in [5.41, 5.74) is 0. The maximum absolute atomic E-state index is 12.2. The molecule has 0 radical (unpaired) electrons. The zero-order chi connectivity index (χ0) is 14.0. The van der Waals surface area contributed by atoms with Gasteiger partial charge in [0.2, 0.25) is 11.8 Å². The van der Waals surface area contributed by atoms with Crippen LogP contribution in [-0.4, -0.2) is 41.2 Å². The highest BCUT2D eigenvalue weighted by Crippen LogP contribution is 2.22. The van der Waals surface area contributed by atoms with Crippen molar-refractivity contribution in [3.8, 4) is 0 Å². The minimum atomic E-state index is -0.227. The number of nitrogens with zero attached hydrogens (tertiary/aromatic N) is 2. The van der Waals surface area contributed by atoms with E-state index in [1.165, 1.54) is 0 Å². The summed E-state index contributed by atoms with van der Waals surface area (Å²) >= 11 is 0. The van der Waals surface area contributed by atoms with Crippen molar-refractivity contribution in [1.82, 2.24) is 9.80 Å². The van der Waals surface area contributed by atoms with E-state index in [0.29, 0.717) is 19.5 Å². The van der Waals surface area contributed by atoms with Crippen molar-refractivity contribution in [2.45, 2.75) is 32.9 Å². The Labute approximate surface area is 113 Å². The van der Waals surface area contributed by atoms with Crippen molar-refractivity contribution < 1.29 is 14.0 Å². The Balaban J connectivity index is 1.97. The van der Waals surface area contributed by atoms with Crippen LogP contribution in [0.3, 0.4) is 0 Å². The molecule has 0 aliphatic carbocycles. The van der Waals surface area contributed by atoms with Crippen molar-refractivity contribution in [1.29, 1.82) is 0 Å². The lowest BCUT2D eigenvalue weighted by atomic mass is 10.1. The molecule has 0 aromatic carbocycles. The highest BCUT2D eigenvalue weighted by molar-refractivity contribution is 5.89. The smallest absolute Gasteiger partial charge is 0.227 e. The second-order valence-corrected chi connectivity index (χ2v) is 5.30. The van der Waals surface area contributed by atoms with Gasteiger partial charge in [0.05, 0.1) is 18.7 Å². The molecule has 1 aliphatic heterocycles. The van der Waals surface area contributed by atoms with Gasteiger partial charge < -0.3 is 14.2 Å². The number of furan rings is 1. The summed E-state index contributed by atoms with van der Waals surface area (Å²) in [4.78, 5) is 27.5. The van der Waals surface area contributed by atoms with Gasteiger partial charge in [-0.25, -0.2) is 0 Å². The number of likely N-dealkylation sites (tertiary alicyclic amines) is 1. The zero-order valence-electron chi connectivity index (χ0n) is 11.6. The average molecular weight is 264 g/mol. The number of rotatable bonds is 4. The summed E-state index contributed by atoms with van der Waals surface area (Å²) in [6.45, 7) is 4.86. The topological polar surface area (TPSA) is 53.8 Å². The maximum Gasteiger partial charge on any atom is 0.227 e. The number of hydrogen-bond donors (Lipinski definition) is 0. The first-order chi connectivity index (χ1) is 8.99. The van der Waals surface area contributed by atoms with Crippen LogP contribution in [0, 0.1) is 5.92 Å². The fourth-order valence-corrected chi connectivity index (χ4v) is 2.22. The van der Waals surface area contributed by atoms with Gasteiger partial charge in [-0.3, -0.25) is 9.59 Å². The number of carbonyl (C=O) groups excluding carboxylic acids is 2. The molecule has 104 valence electrons. The molecular formula is C14H20N2O3. The minimum absolute atomic E-state index is 0.0203. The average Bonchev–Trinajstić information content (AvgIpc) is 2.99. The summed E-state index contributed by atoms with van der Waals surface area (Å²) in [5.74, 6) is 0.589. The third kappa shape index (κ3) is 2.97. The van der Waals surface area contributed by atoms with E-state index >= 15 is 0 Å². The van der Waals surface area contributed by atoms with Crippen LogP contribution in [0.15, 0.2) is 22.8 Å². The Morgan fingerprint density at radius 2 is 2.32 bits per heavy atom. The Bertz CT molecular complexity index is 453. The zero-order valence-corrected chi connectivity index (χ0v) is 11.6. The normalized spacial score (nSPS) is 19.3. The number of hydrogen-bond acceptors (Lipinski definition) is 3. The molecular weight excluding hydrogens is 244 g/mol. The monoisotopic (exact) mass is 264 g/mol. The van der Waals surface area contributed by atoms with E-state index in [1.54, 1.807) is 29.2 Å². The predicted octanol–water partition coefficient (Wildman–Crippen LogP) is 1.49. The summed E-state index contributed by atoms with van der Waals surface area (Å²) < 4.78 is 5.24. The molecule has 5 nitrogen and oxygen atoms in total. The van der Waals surface area contributed by atoms with Crippen LogP contribution in [-0.2, 0) is 16.1 Å². The van der Waals surface area contributed by atoms with Gasteiger partial charge in [0, 0.05) is 26.1 Å². The summed E-state index contributed by atoms with van der Waals surface area (Å²) in [6.07, 6.45) is 1.89. The molecule has 2 amide bonds. The SMILES string of the molecule is CC(C)N(C)C(=O)C1CC(=O)N(Cc2ccco2)C1. The van der Waals surface area contributed by atoms with Crippen LogP contribution in [0.4, 0.5) is 0 Å². The van der Waals surface area contributed by atoms with Crippen molar-refractivity contribution in [2.75, 3.05) is 13.6 Å². The Morgan fingerprint density at radius 3 is 2.89 bits per heavy atom. The molecule has 2 rings (SSSR count). The highest BCUT2D eigenvalue weighted by atomic mass is 16.3. The van der Waals surface area contributed by atoms with E-state index in [2.05, 4.69) is 0 Å². The number of carbonyl (C=O) groups is 2. The van der Waals surface area contributed by atoms with Crippen LogP contribution in [0.1, 0.15) is 26.0 Å². The van der Waals surface area contributed by atoms with Crippen LogP contribution in [0.2, 0.25) is 0 Å².